The van der Waals surface area contributed by atoms with Crippen LogP contribution in [0.15, 0.2) is 12.2 Å². The number of rotatable bonds is 0. The summed E-state index contributed by atoms with van der Waals surface area (Å²) in [5.74, 6) is -0.00309. The standard InChI is InChI=1S/C17H30O2/c18-17-15-13-11-9-7-5-3-1-2-4-6-8-10-12-14-16-19-17/h6,8H,1-5,7,9-16H2/b8-6-. The van der Waals surface area contributed by atoms with Gasteiger partial charge in [-0.15, -0.1) is 0 Å². The van der Waals surface area contributed by atoms with Gasteiger partial charge in [-0.2, -0.15) is 0 Å². The summed E-state index contributed by atoms with van der Waals surface area (Å²) in [6.07, 6.45) is 19.9. The Bertz CT molecular complexity index is 246. The van der Waals surface area contributed by atoms with Crippen LogP contribution in [0.25, 0.3) is 0 Å². The molecule has 0 aliphatic carbocycles. The molecule has 1 rings (SSSR count). The molecule has 19 heavy (non-hydrogen) atoms. The van der Waals surface area contributed by atoms with E-state index in [0.29, 0.717) is 13.0 Å². The molecule has 2 nitrogen and oxygen atoms in total. The molecule has 0 spiro atoms. The summed E-state index contributed by atoms with van der Waals surface area (Å²) in [5, 5.41) is 0. The van der Waals surface area contributed by atoms with Gasteiger partial charge in [0.2, 0.25) is 0 Å². The van der Waals surface area contributed by atoms with Crippen molar-refractivity contribution in [2.24, 2.45) is 0 Å². The van der Waals surface area contributed by atoms with E-state index in [9.17, 15) is 4.79 Å². The Labute approximate surface area is 118 Å². The monoisotopic (exact) mass is 266 g/mol. The van der Waals surface area contributed by atoms with Crippen LogP contribution in [0.1, 0.15) is 83.5 Å². The quantitative estimate of drug-likeness (QED) is 0.446. The molecule has 1 aliphatic rings. The van der Waals surface area contributed by atoms with E-state index in [1.54, 1.807) is 0 Å². The Kier molecular flexibility index (Phi) is 10.5. The fourth-order valence-corrected chi connectivity index (χ4v) is 2.45. The van der Waals surface area contributed by atoms with E-state index >= 15 is 0 Å². The lowest BCUT2D eigenvalue weighted by molar-refractivity contribution is -0.143. The highest BCUT2D eigenvalue weighted by atomic mass is 16.5. The summed E-state index contributed by atoms with van der Waals surface area (Å²) in [6, 6.07) is 0. The van der Waals surface area contributed by atoms with E-state index in [1.807, 2.05) is 0 Å². The normalized spacial score (nSPS) is 23.9. The second-order valence-corrected chi connectivity index (χ2v) is 5.55. The van der Waals surface area contributed by atoms with Crippen molar-refractivity contribution in [3.05, 3.63) is 12.2 Å². The van der Waals surface area contributed by atoms with Crippen molar-refractivity contribution in [2.75, 3.05) is 6.61 Å². The number of carbonyl (C=O) groups excluding carboxylic acids is 1. The number of ether oxygens (including phenoxy) is 1. The van der Waals surface area contributed by atoms with Gasteiger partial charge in [0, 0.05) is 6.42 Å². The third-order valence-electron chi connectivity index (χ3n) is 3.70. The van der Waals surface area contributed by atoms with Crippen molar-refractivity contribution in [1.29, 1.82) is 0 Å². The maximum Gasteiger partial charge on any atom is 0.305 e. The van der Waals surface area contributed by atoms with Gasteiger partial charge in [-0.1, -0.05) is 50.7 Å². The second kappa shape index (κ2) is 12.3. The summed E-state index contributed by atoms with van der Waals surface area (Å²) in [7, 11) is 0. The molecule has 0 atom stereocenters. The van der Waals surface area contributed by atoms with Crippen LogP contribution < -0.4 is 0 Å². The molecular formula is C17H30O2. The lowest BCUT2D eigenvalue weighted by Gasteiger charge is -2.05. The number of esters is 1. The molecule has 0 saturated carbocycles. The molecule has 0 bridgehead atoms. The fourth-order valence-electron chi connectivity index (χ4n) is 2.45. The van der Waals surface area contributed by atoms with Gasteiger partial charge in [0.1, 0.15) is 0 Å². The molecule has 110 valence electrons. The Morgan fingerprint density at radius 2 is 1.21 bits per heavy atom. The van der Waals surface area contributed by atoms with Gasteiger partial charge in [0.15, 0.2) is 0 Å². The number of cyclic esters (lactones) is 1. The van der Waals surface area contributed by atoms with Gasteiger partial charge in [-0.3, -0.25) is 4.79 Å². The second-order valence-electron chi connectivity index (χ2n) is 5.55. The van der Waals surface area contributed by atoms with Crippen molar-refractivity contribution in [1.82, 2.24) is 0 Å². The largest absolute Gasteiger partial charge is 0.466 e. The minimum absolute atomic E-state index is 0.00309. The third-order valence-corrected chi connectivity index (χ3v) is 3.70. The zero-order valence-corrected chi connectivity index (χ0v) is 12.4. The van der Waals surface area contributed by atoms with Crippen LogP contribution in [0, 0.1) is 0 Å². The van der Waals surface area contributed by atoms with Crippen LogP contribution in [0.3, 0.4) is 0 Å². The SMILES string of the molecule is O=C1CCCCCCCCCC/C=C\CCCCO1. The van der Waals surface area contributed by atoms with E-state index in [-0.39, 0.29) is 5.97 Å². The molecule has 1 heterocycles. The van der Waals surface area contributed by atoms with Crippen molar-refractivity contribution < 1.29 is 9.53 Å². The van der Waals surface area contributed by atoms with Crippen LogP contribution in [-0.4, -0.2) is 12.6 Å². The first-order chi connectivity index (χ1) is 9.39. The first kappa shape index (κ1) is 16.3. The molecule has 0 fully saturated rings. The molecule has 0 unspecified atom stereocenters. The van der Waals surface area contributed by atoms with Crippen LogP contribution in [0.2, 0.25) is 0 Å². The van der Waals surface area contributed by atoms with Crippen molar-refractivity contribution in [2.45, 2.75) is 83.5 Å². The van der Waals surface area contributed by atoms with E-state index < -0.39 is 0 Å². The molecular weight excluding hydrogens is 236 g/mol. The summed E-state index contributed by atoms with van der Waals surface area (Å²) >= 11 is 0. The van der Waals surface area contributed by atoms with Crippen LogP contribution >= 0.6 is 0 Å². The lowest BCUT2D eigenvalue weighted by Crippen LogP contribution is -2.05. The van der Waals surface area contributed by atoms with Gasteiger partial charge < -0.3 is 4.74 Å². The van der Waals surface area contributed by atoms with Crippen LogP contribution in [0.5, 0.6) is 0 Å². The first-order valence-corrected chi connectivity index (χ1v) is 8.20. The number of hydrogen-bond acceptors (Lipinski definition) is 2. The number of allylic oxidation sites excluding steroid dienone is 2. The molecule has 0 aromatic carbocycles. The maximum atomic E-state index is 11.4. The smallest absolute Gasteiger partial charge is 0.305 e. The number of hydrogen-bond donors (Lipinski definition) is 0. The van der Waals surface area contributed by atoms with E-state index in [1.165, 1.54) is 51.4 Å². The van der Waals surface area contributed by atoms with Gasteiger partial charge in [0.05, 0.1) is 6.61 Å². The molecule has 0 aromatic heterocycles. The van der Waals surface area contributed by atoms with Crippen LogP contribution in [-0.2, 0) is 9.53 Å². The van der Waals surface area contributed by atoms with Gasteiger partial charge in [-0.25, -0.2) is 0 Å². The average Bonchev–Trinajstić information content (AvgIpc) is 2.41. The molecule has 2 heteroatoms. The Balaban J connectivity index is 2.16. The molecule has 0 aromatic rings. The predicted molar refractivity (Wildman–Crippen MR) is 80.1 cm³/mol. The minimum atomic E-state index is -0.00309. The summed E-state index contributed by atoms with van der Waals surface area (Å²) in [6.45, 7) is 0.604. The molecule has 0 radical (unpaired) electrons. The van der Waals surface area contributed by atoms with Crippen LogP contribution in [0.4, 0.5) is 0 Å². The summed E-state index contributed by atoms with van der Waals surface area (Å²) in [5.41, 5.74) is 0. The highest BCUT2D eigenvalue weighted by Crippen LogP contribution is 2.12. The minimum Gasteiger partial charge on any atom is -0.466 e. The molecule has 1 aliphatic heterocycles. The fraction of sp³-hybridized carbons (Fsp3) is 0.824. The maximum absolute atomic E-state index is 11.4. The van der Waals surface area contributed by atoms with E-state index in [4.69, 9.17) is 4.74 Å². The summed E-state index contributed by atoms with van der Waals surface area (Å²) in [4.78, 5) is 11.4. The number of carbonyl (C=O) groups is 1. The van der Waals surface area contributed by atoms with Crippen molar-refractivity contribution in [3.63, 3.8) is 0 Å². The molecule has 0 N–H and O–H groups in total. The first-order valence-electron chi connectivity index (χ1n) is 8.20. The third kappa shape index (κ3) is 10.8. The van der Waals surface area contributed by atoms with Crippen molar-refractivity contribution in [3.8, 4) is 0 Å². The Hall–Kier alpha value is -0.790. The zero-order chi connectivity index (χ0) is 13.6. The van der Waals surface area contributed by atoms with Crippen molar-refractivity contribution >= 4 is 5.97 Å². The van der Waals surface area contributed by atoms with E-state index in [0.717, 1.165) is 25.7 Å². The zero-order valence-electron chi connectivity index (χ0n) is 12.4. The van der Waals surface area contributed by atoms with E-state index in [2.05, 4.69) is 12.2 Å². The van der Waals surface area contributed by atoms with Gasteiger partial charge in [-0.05, 0) is 38.5 Å². The van der Waals surface area contributed by atoms with Gasteiger partial charge >= 0.3 is 5.97 Å². The molecule has 0 saturated heterocycles. The Morgan fingerprint density at radius 1 is 0.684 bits per heavy atom. The lowest BCUT2D eigenvalue weighted by atomic mass is 10.1. The molecule has 0 amide bonds. The van der Waals surface area contributed by atoms with Gasteiger partial charge in [0.25, 0.3) is 0 Å². The average molecular weight is 266 g/mol. The predicted octanol–water partition coefficient (Wildman–Crippen LogP) is 5.17. The highest BCUT2D eigenvalue weighted by molar-refractivity contribution is 5.69. The Morgan fingerprint density at radius 3 is 1.89 bits per heavy atom. The topological polar surface area (TPSA) is 26.3 Å². The summed E-state index contributed by atoms with van der Waals surface area (Å²) < 4.78 is 5.22. The highest BCUT2D eigenvalue weighted by Gasteiger charge is 2.02.